The molecule has 1 rings (SSSR count). The van der Waals surface area contributed by atoms with Gasteiger partial charge in [-0.25, -0.2) is 0 Å². The van der Waals surface area contributed by atoms with E-state index in [0.717, 1.165) is 17.1 Å². The van der Waals surface area contributed by atoms with Gasteiger partial charge in [0, 0.05) is 11.8 Å². The smallest absolute Gasteiger partial charge is 0.315 e. The molecule has 0 bridgehead atoms. The second-order valence-electron chi connectivity index (χ2n) is 3.71. The van der Waals surface area contributed by atoms with Gasteiger partial charge in [-0.2, -0.15) is 0 Å². The summed E-state index contributed by atoms with van der Waals surface area (Å²) in [5.74, 6) is 1.82. The molecule has 0 aromatic heterocycles. The molecule has 0 saturated heterocycles. The van der Waals surface area contributed by atoms with Gasteiger partial charge in [0.25, 0.3) is 0 Å². The highest BCUT2D eigenvalue weighted by molar-refractivity contribution is 7.99. The van der Waals surface area contributed by atoms with Crippen molar-refractivity contribution in [3.63, 3.8) is 0 Å². The third-order valence-corrected chi connectivity index (χ3v) is 3.59. The van der Waals surface area contributed by atoms with E-state index in [1.807, 2.05) is 31.3 Å². The first-order valence-electron chi connectivity index (χ1n) is 5.67. The van der Waals surface area contributed by atoms with Crippen LogP contribution in [0.5, 0.6) is 5.75 Å². The van der Waals surface area contributed by atoms with Gasteiger partial charge in [-0.1, -0.05) is 12.1 Å². The lowest BCUT2D eigenvalue weighted by Crippen LogP contribution is -2.19. The Labute approximate surface area is 112 Å². The summed E-state index contributed by atoms with van der Waals surface area (Å²) in [5, 5.41) is 3.23. The largest absolute Gasteiger partial charge is 0.497 e. The van der Waals surface area contributed by atoms with Crippen LogP contribution in [0.1, 0.15) is 11.6 Å². The lowest BCUT2D eigenvalue weighted by molar-refractivity contribution is -0.137. The minimum Gasteiger partial charge on any atom is -0.497 e. The van der Waals surface area contributed by atoms with Gasteiger partial charge in [0.1, 0.15) is 5.75 Å². The first kappa shape index (κ1) is 14.9. The monoisotopic (exact) mass is 269 g/mol. The van der Waals surface area contributed by atoms with Crippen LogP contribution >= 0.6 is 11.8 Å². The summed E-state index contributed by atoms with van der Waals surface area (Å²) in [6.07, 6.45) is 0. The molecule has 5 heteroatoms. The zero-order valence-electron chi connectivity index (χ0n) is 10.9. The Morgan fingerprint density at radius 3 is 2.83 bits per heavy atom. The molecule has 0 aliphatic heterocycles. The number of thioether (sulfide) groups is 1. The van der Waals surface area contributed by atoms with E-state index in [0.29, 0.717) is 5.75 Å². The number of hydrogen-bond acceptors (Lipinski definition) is 5. The molecule has 0 heterocycles. The number of benzene rings is 1. The fraction of sp³-hybridized carbons (Fsp3) is 0.462. The van der Waals surface area contributed by atoms with Crippen molar-refractivity contribution >= 4 is 17.7 Å². The van der Waals surface area contributed by atoms with Gasteiger partial charge in [0.15, 0.2) is 0 Å². The Morgan fingerprint density at radius 1 is 1.44 bits per heavy atom. The van der Waals surface area contributed by atoms with E-state index in [1.54, 1.807) is 18.9 Å². The van der Waals surface area contributed by atoms with Crippen molar-refractivity contribution in [3.05, 3.63) is 29.8 Å². The van der Waals surface area contributed by atoms with E-state index in [9.17, 15) is 4.79 Å². The molecule has 1 aromatic rings. The summed E-state index contributed by atoms with van der Waals surface area (Å²) in [5.41, 5.74) is 1.15. The minimum absolute atomic E-state index is 0.190. The van der Waals surface area contributed by atoms with E-state index in [1.165, 1.54) is 7.11 Å². The first-order valence-corrected chi connectivity index (χ1v) is 6.82. The molecule has 18 heavy (non-hydrogen) atoms. The molecule has 100 valence electrons. The van der Waals surface area contributed by atoms with Gasteiger partial charge >= 0.3 is 5.97 Å². The number of hydrogen-bond donors (Lipinski definition) is 1. The van der Waals surface area contributed by atoms with Crippen LogP contribution in [0, 0.1) is 0 Å². The van der Waals surface area contributed by atoms with Crippen molar-refractivity contribution in [2.24, 2.45) is 0 Å². The van der Waals surface area contributed by atoms with E-state index in [2.05, 4.69) is 10.1 Å². The number of methoxy groups -OCH3 is 2. The average Bonchev–Trinajstić information content (AvgIpc) is 2.43. The van der Waals surface area contributed by atoms with E-state index >= 15 is 0 Å². The molecule has 0 aliphatic rings. The number of esters is 1. The Balaban J connectivity index is 2.56. The van der Waals surface area contributed by atoms with E-state index in [4.69, 9.17) is 4.74 Å². The highest BCUT2D eigenvalue weighted by atomic mass is 32.2. The van der Waals surface area contributed by atoms with Gasteiger partial charge in [-0.05, 0) is 24.7 Å². The van der Waals surface area contributed by atoms with Gasteiger partial charge in [0.2, 0.25) is 0 Å². The van der Waals surface area contributed by atoms with Crippen molar-refractivity contribution in [1.82, 2.24) is 5.32 Å². The molecule has 0 spiro atoms. The fourth-order valence-corrected chi connectivity index (χ4v) is 2.52. The molecule has 1 aromatic carbocycles. The number of carbonyl (C=O) groups excluding carboxylic acids is 1. The summed E-state index contributed by atoms with van der Waals surface area (Å²) < 4.78 is 9.81. The van der Waals surface area contributed by atoms with E-state index < -0.39 is 0 Å². The molecule has 0 amide bonds. The summed E-state index contributed by atoms with van der Waals surface area (Å²) in [4.78, 5) is 11.0. The third-order valence-electron chi connectivity index (χ3n) is 2.58. The topological polar surface area (TPSA) is 47.6 Å². The van der Waals surface area contributed by atoms with Crippen LogP contribution in [0.15, 0.2) is 24.3 Å². The maximum Gasteiger partial charge on any atom is 0.315 e. The van der Waals surface area contributed by atoms with Crippen LogP contribution in [0.4, 0.5) is 0 Å². The Kier molecular flexibility index (Phi) is 6.60. The van der Waals surface area contributed by atoms with Crippen LogP contribution in [0.3, 0.4) is 0 Å². The maximum atomic E-state index is 11.0. The van der Waals surface area contributed by atoms with Crippen LogP contribution in [0.2, 0.25) is 0 Å². The van der Waals surface area contributed by atoms with Gasteiger partial charge in [-0.15, -0.1) is 11.8 Å². The second kappa shape index (κ2) is 8.00. The molecule has 0 radical (unpaired) electrons. The molecule has 1 atom stereocenters. The third kappa shape index (κ3) is 4.58. The predicted molar refractivity (Wildman–Crippen MR) is 74.1 cm³/mol. The van der Waals surface area contributed by atoms with Crippen molar-refractivity contribution < 1.29 is 14.3 Å². The van der Waals surface area contributed by atoms with Gasteiger partial charge in [-0.3, -0.25) is 4.79 Å². The Bertz CT molecular complexity index is 384. The number of carbonyl (C=O) groups is 1. The average molecular weight is 269 g/mol. The summed E-state index contributed by atoms with van der Waals surface area (Å²) >= 11 is 1.55. The quantitative estimate of drug-likeness (QED) is 0.766. The SMILES string of the molecule is CNC(CSCC(=O)OC)c1cccc(OC)c1. The minimum atomic E-state index is -0.194. The zero-order chi connectivity index (χ0) is 13.4. The van der Waals surface area contributed by atoms with Crippen LogP contribution in [0.25, 0.3) is 0 Å². The normalized spacial score (nSPS) is 11.9. The number of rotatable bonds is 7. The molecule has 4 nitrogen and oxygen atoms in total. The predicted octanol–water partition coefficient (Wildman–Crippen LogP) is 1.86. The lowest BCUT2D eigenvalue weighted by atomic mass is 10.1. The molecular formula is C13H19NO3S. The molecular weight excluding hydrogens is 250 g/mol. The molecule has 0 saturated carbocycles. The maximum absolute atomic E-state index is 11.0. The van der Waals surface area contributed by atoms with Crippen LogP contribution in [-0.2, 0) is 9.53 Å². The molecule has 1 unspecified atom stereocenters. The van der Waals surface area contributed by atoms with Gasteiger partial charge in [0.05, 0.1) is 20.0 Å². The van der Waals surface area contributed by atoms with E-state index in [-0.39, 0.29) is 12.0 Å². The number of nitrogens with one attached hydrogen (secondary N) is 1. The standard InChI is InChI=1S/C13H19NO3S/c1-14-12(8-18-9-13(15)17-3)10-5-4-6-11(7-10)16-2/h4-7,12,14H,8-9H2,1-3H3. The first-order chi connectivity index (χ1) is 8.71. The van der Waals surface area contributed by atoms with Gasteiger partial charge < -0.3 is 14.8 Å². The fourth-order valence-electron chi connectivity index (χ4n) is 1.52. The van der Waals surface area contributed by atoms with Crippen LogP contribution < -0.4 is 10.1 Å². The second-order valence-corrected chi connectivity index (χ2v) is 4.74. The van der Waals surface area contributed by atoms with Crippen LogP contribution in [-0.4, -0.2) is 38.7 Å². The Morgan fingerprint density at radius 2 is 2.22 bits per heavy atom. The number of ether oxygens (including phenoxy) is 2. The highest BCUT2D eigenvalue weighted by Crippen LogP contribution is 2.22. The molecule has 0 aliphatic carbocycles. The van der Waals surface area contributed by atoms with Crippen molar-refractivity contribution in [2.45, 2.75) is 6.04 Å². The summed E-state index contributed by atoms with van der Waals surface area (Å²) in [7, 11) is 4.96. The Hall–Kier alpha value is -1.20. The summed E-state index contributed by atoms with van der Waals surface area (Å²) in [6.45, 7) is 0. The highest BCUT2D eigenvalue weighted by Gasteiger charge is 2.11. The zero-order valence-corrected chi connectivity index (χ0v) is 11.8. The van der Waals surface area contributed by atoms with Crippen molar-refractivity contribution in [2.75, 3.05) is 32.8 Å². The molecule has 0 fully saturated rings. The summed E-state index contributed by atoms with van der Waals surface area (Å²) in [6, 6.07) is 8.11. The van der Waals surface area contributed by atoms with Crippen molar-refractivity contribution in [3.8, 4) is 5.75 Å². The lowest BCUT2D eigenvalue weighted by Gasteiger charge is -2.16. The van der Waals surface area contributed by atoms with Crippen molar-refractivity contribution in [1.29, 1.82) is 0 Å². The molecule has 1 N–H and O–H groups in total.